The van der Waals surface area contributed by atoms with Crippen molar-refractivity contribution in [3.8, 4) is 0 Å². The molecule has 0 aromatic heterocycles. The van der Waals surface area contributed by atoms with E-state index in [9.17, 15) is 0 Å². The van der Waals surface area contributed by atoms with Crippen LogP contribution in [0.15, 0.2) is 0 Å². The predicted molar refractivity (Wildman–Crippen MR) is 49.9 cm³/mol. The Morgan fingerprint density at radius 2 is 1.30 bits per heavy atom. The van der Waals surface area contributed by atoms with Crippen molar-refractivity contribution >= 4 is 12.4 Å². The summed E-state index contributed by atoms with van der Waals surface area (Å²) < 4.78 is 0. The zero-order chi connectivity index (χ0) is 7.11. The molecule has 0 aromatic carbocycles. The summed E-state index contributed by atoms with van der Waals surface area (Å²) in [7, 11) is 0. The molecule has 0 N–H and O–H groups in total. The van der Waals surface area contributed by atoms with Crippen molar-refractivity contribution in [3.05, 3.63) is 0 Å². The molecular formula is C8H20ClN. The molecule has 0 heterocycles. The summed E-state index contributed by atoms with van der Waals surface area (Å²) in [5.41, 5.74) is 0. The summed E-state index contributed by atoms with van der Waals surface area (Å²) in [6, 6.07) is 0. The largest absolute Gasteiger partial charge is 0.304 e. The van der Waals surface area contributed by atoms with Crippen molar-refractivity contribution in [3.63, 3.8) is 0 Å². The maximum atomic E-state index is 2.49. The molecule has 0 bridgehead atoms. The molecule has 0 rings (SSSR count). The molecular weight excluding hydrogens is 146 g/mol. The van der Waals surface area contributed by atoms with Crippen LogP contribution in [0.4, 0.5) is 0 Å². The highest BCUT2D eigenvalue weighted by molar-refractivity contribution is 5.85. The van der Waals surface area contributed by atoms with Gasteiger partial charge in [0, 0.05) is 0 Å². The summed E-state index contributed by atoms with van der Waals surface area (Å²) in [5.74, 6) is 0. The van der Waals surface area contributed by atoms with Gasteiger partial charge in [-0.05, 0) is 32.5 Å². The van der Waals surface area contributed by atoms with E-state index in [-0.39, 0.29) is 12.4 Å². The molecule has 1 nitrogen and oxygen atoms in total. The quantitative estimate of drug-likeness (QED) is 0.606. The first-order valence-electron chi connectivity index (χ1n) is 4.07. The molecule has 0 fully saturated rings. The van der Waals surface area contributed by atoms with Gasteiger partial charge in [0.2, 0.25) is 0 Å². The highest BCUT2D eigenvalue weighted by atomic mass is 35.5. The van der Waals surface area contributed by atoms with Crippen LogP contribution in [0.25, 0.3) is 0 Å². The van der Waals surface area contributed by atoms with Crippen molar-refractivity contribution in [2.45, 2.75) is 33.6 Å². The number of hydrogen-bond donors (Lipinski definition) is 0. The molecule has 0 radical (unpaired) electrons. The molecule has 0 spiro atoms. The maximum absolute atomic E-state index is 2.49. The van der Waals surface area contributed by atoms with E-state index in [1.165, 1.54) is 32.5 Å². The van der Waals surface area contributed by atoms with Crippen LogP contribution in [0.3, 0.4) is 0 Å². The summed E-state index contributed by atoms with van der Waals surface area (Å²) in [6.07, 6.45) is 2.57. The molecule has 0 atom stereocenters. The van der Waals surface area contributed by atoms with E-state index >= 15 is 0 Å². The van der Waals surface area contributed by atoms with Crippen molar-refractivity contribution in [2.24, 2.45) is 0 Å². The van der Waals surface area contributed by atoms with Crippen LogP contribution < -0.4 is 0 Å². The smallest absolute Gasteiger partial charge is 0.00215 e. The molecule has 0 unspecified atom stereocenters. The second-order valence-electron chi connectivity index (χ2n) is 2.43. The Balaban J connectivity index is 0. The highest BCUT2D eigenvalue weighted by Gasteiger charge is 1.95. The van der Waals surface area contributed by atoms with E-state index in [1.54, 1.807) is 0 Å². The van der Waals surface area contributed by atoms with Crippen LogP contribution in [-0.4, -0.2) is 24.5 Å². The monoisotopic (exact) mass is 165 g/mol. The first kappa shape index (κ1) is 12.9. The third-order valence-electron chi connectivity index (χ3n) is 1.53. The topological polar surface area (TPSA) is 3.24 Å². The number of nitrogens with zero attached hydrogens (tertiary/aromatic N) is 1. The molecule has 0 saturated heterocycles. The minimum Gasteiger partial charge on any atom is -0.304 e. The van der Waals surface area contributed by atoms with E-state index in [0.717, 1.165) is 0 Å². The first-order chi connectivity index (χ1) is 4.35. The molecule has 0 amide bonds. The predicted octanol–water partition coefficient (Wildman–Crippen LogP) is 2.55. The van der Waals surface area contributed by atoms with Crippen LogP contribution in [0, 0.1) is 0 Å². The maximum Gasteiger partial charge on any atom is -0.00215 e. The van der Waals surface area contributed by atoms with E-state index in [4.69, 9.17) is 0 Å². The fourth-order valence-corrected chi connectivity index (χ4v) is 1.06. The lowest BCUT2D eigenvalue weighted by Crippen LogP contribution is -2.24. The Labute approximate surface area is 71.2 Å². The Morgan fingerprint density at radius 3 is 1.50 bits per heavy atom. The van der Waals surface area contributed by atoms with E-state index in [0.29, 0.717) is 0 Å². The van der Waals surface area contributed by atoms with Crippen molar-refractivity contribution in [2.75, 3.05) is 19.6 Å². The molecule has 0 aromatic rings. The van der Waals surface area contributed by atoms with Crippen molar-refractivity contribution < 1.29 is 0 Å². The van der Waals surface area contributed by atoms with Gasteiger partial charge in [-0.1, -0.05) is 20.8 Å². The molecule has 10 heavy (non-hydrogen) atoms. The molecule has 0 aliphatic rings. The lowest BCUT2D eigenvalue weighted by atomic mass is 10.3. The number of rotatable bonds is 5. The molecule has 0 saturated carbocycles. The fraction of sp³-hybridized carbons (Fsp3) is 1.00. The van der Waals surface area contributed by atoms with Gasteiger partial charge in [-0.15, -0.1) is 12.4 Å². The third kappa shape index (κ3) is 6.37. The van der Waals surface area contributed by atoms with Gasteiger partial charge < -0.3 is 4.90 Å². The Hall–Kier alpha value is 0.250. The van der Waals surface area contributed by atoms with Gasteiger partial charge in [0.25, 0.3) is 0 Å². The standard InChI is InChI=1S/C8H19N.ClH/c1-4-7-9(6-3)8-5-2;/h4-8H2,1-3H3;1H. The van der Waals surface area contributed by atoms with Gasteiger partial charge in [-0.25, -0.2) is 0 Å². The van der Waals surface area contributed by atoms with Crippen LogP contribution in [0.1, 0.15) is 33.6 Å². The summed E-state index contributed by atoms with van der Waals surface area (Å²) in [4.78, 5) is 2.49. The van der Waals surface area contributed by atoms with Gasteiger partial charge in [0.1, 0.15) is 0 Å². The summed E-state index contributed by atoms with van der Waals surface area (Å²) in [6.45, 7) is 10.4. The Morgan fingerprint density at radius 1 is 0.900 bits per heavy atom. The van der Waals surface area contributed by atoms with E-state index in [2.05, 4.69) is 25.7 Å². The van der Waals surface area contributed by atoms with Gasteiger partial charge >= 0.3 is 0 Å². The van der Waals surface area contributed by atoms with Crippen LogP contribution >= 0.6 is 12.4 Å². The second kappa shape index (κ2) is 9.25. The average molecular weight is 166 g/mol. The fourth-order valence-electron chi connectivity index (χ4n) is 1.06. The Kier molecular flexibility index (Phi) is 11.9. The highest BCUT2D eigenvalue weighted by Crippen LogP contribution is 1.91. The number of halogens is 1. The van der Waals surface area contributed by atoms with Crippen LogP contribution in [0.2, 0.25) is 0 Å². The van der Waals surface area contributed by atoms with Gasteiger partial charge in [-0.2, -0.15) is 0 Å². The third-order valence-corrected chi connectivity index (χ3v) is 1.53. The zero-order valence-corrected chi connectivity index (χ0v) is 8.21. The Bertz CT molecular complexity index is 51.2. The molecule has 0 aliphatic heterocycles. The second-order valence-corrected chi connectivity index (χ2v) is 2.43. The van der Waals surface area contributed by atoms with Crippen molar-refractivity contribution in [1.82, 2.24) is 4.90 Å². The minimum absolute atomic E-state index is 0. The van der Waals surface area contributed by atoms with Gasteiger partial charge in [0.15, 0.2) is 0 Å². The van der Waals surface area contributed by atoms with Crippen LogP contribution in [0.5, 0.6) is 0 Å². The lowest BCUT2D eigenvalue weighted by molar-refractivity contribution is 0.289. The van der Waals surface area contributed by atoms with Crippen molar-refractivity contribution in [1.29, 1.82) is 0 Å². The minimum atomic E-state index is 0. The number of hydrogen-bond acceptors (Lipinski definition) is 1. The van der Waals surface area contributed by atoms with Gasteiger partial charge in [-0.3, -0.25) is 0 Å². The zero-order valence-electron chi connectivity index (χ0n) is 7.39. The normalized spacial score (nSPS) is 9.60. The summed E-state index contributed by atoms with van der Waals surface area (Å²) in [5, 5.41) is 0. The molecule has 2 heteroatoms. The van der Waals surface area contributed by atoms with Crippen LogP contribution in [-0.2, 0) is 0 Å². The van der Waals surface area contributed by atoms with Gasteiger partial charge in [0.05, 0.1) is 0 Å². The average Bonchev–Trinajstić information content (AvgIpc) is 1.88. The summed E-state index contributed by atoms with van der Waals surface area (Å²) >= 11 is 0. The lowest BCUT2D eigenvalue weighted by Gasteiger charge is -2.17. The molecule has 0 aliphatic carbocycles. The first-order valence-corrected chi connectivity index (χ1v) is 4.07. The molecule has 64 valence electrons. The van der Waals surface area contributed by atoms with E-state index < -0.39 is 0 Å². The van der Waals surface area contributed by atoms with E-state index in [1.807, 2.05) is 0 Å². The SMILES string of the molecule is CCCN(CC)CCC.Cl.